The van der Waals surface area contributed by atoms with Gasteiger partial charge in [-0.3, -0.25) is 0 Å². The standard InChI is InChI=1S/C16H14ClN3O4/c17-10-4-5-14-12(7-10)15(20-24-14)22-8-13(18)9-2-1-3-11(6-9)23-16(19)21/h1-7,13H,8,18H2,(H2,19,21). The van der Waals surface area contributed by atoms with Gasteiger partial charge in [0, 0.05) is 5.02 Å². The first-order chi connectivity index (χ1) is 11.5. The van der Waals surface area contributed by atoms with Crippen LogP contribution in [0.2, 0.25) is 5.02 Å². The second kappa shape index (κ2) is 6.77. The van der Waals surface area contributed by atoms with Crippen LogP contribution in [-0.2, 0) is 0 Å². The van der Waals surface area contributed by atoms with E-state index >= 15 is 0 Å². The van der Waals surface area contributed by atoms with Gasteiger partial charge in [-0.05, 0) is 41.1 Å². The molecule has 1 amide bonds. The highest BCUT2D eigenvalue weighted by molar-refractivity contribution is 6.31. The van der Waals surface area contributed by atoms with Crippen LogP contribution in [0.5, 0.6) is 11.6 Å². The molecule has 3 rings (SSSR count). The van der Waals surface area contributed by atoms with Crippen molar-refractivity contribution in [1.29, 1.82) is 0 Å². The zero-order valence-electron chi connectivity index (χ0n) is 12.4. The van der Waals surface area contributed by atoms with Crippen molar-refractivity contribution in [3.05, 3.63) is 53.1 Å². The Morgan fingerprint density at radius 2 is 2.12 bits per heavy atom. The first-order valence-electron chi connectivity index (χ1n) is 7.03. The lowest BCUT2D eigenvalue weighted by Gasteiger charge is -2.13. The largest absolute Gasteiger partial charge is 0.473 e. The lowest BCUT2D eigenvalue weighted by molar-refractivity contribution is 0.210. The summed E-state index contributed by atoms with van der Waals surface area (Å²) in [4.78, 5) is 10.8. The van der Waals surface area contributed by atoms with Crippen LogP contribution in [-0.4, -0.2) is 17.9 Å². The number of benzene rings is 2. The molecule has 4 N–H and O–H groups in total. The maximum Gasteiger partial charge on any atom is 0.409 e. The fraction of sp³-hybridized carbons (Fsp3) is 0.125. The summed E-state index contributed by atoms with van der Waals surface area (Å²) in [6.07, 6.45) is -0.886. The molecule has 0 radical (unpaired) electrons. The zero-order chi connectivity index (χ0) is 17.1. The van der Waals surface area contributed by atoms with Gasteiger partial charge in [0.1, 0.15) is 12.4 Å². The Balaban J connectivity index is 1.71. The summed E-state index contributed by atoms with van der Waals surface area (Å²) in [5.74, 6) is 0.626. The molecule has 1 heterocycles. The quantitative estimate of drug-likeness (QED) is 0.733. The van der Waals surface area contributed by atoms with E-state index < -0.39 is 12.1 Å². The number of primary amides is 1. The van der Waals surface area contributed by atoms with Gasteiger partial charge in [0.25, 0.3) is 5.88 Å². The summed E-state index contributed by atoms with van der Waals surface area (Å²) < 4.78 is 15.6. The number of carbonyl (C=O) groups excluding carboxylic acids is 1. The molecule has 0 aliphatic carbocycles. The third kappa shape index (κ3) is 3.58. The highest BCUT2D eigenvalue weighted by Crippen LogP contribution is 2.28. The summed E-state index contributed by atoms with van der Waals surface area (Å²) in [5.41, 5.74) is 12.4. The van der Waals surface area contributed by atoms with Gasteiger partial charge in [0.2, 0.25) is 0 Å². The third-order valence-electron chi connectivity index (χ3n) is 3.30. The summed E-state index contributed by atoms with van der Waals surface area (Å²) in [6.45, 7) is 0.147. The van der Waals surface area contributed by atoms with E-state index in [0.29, 0.717) is 27.6 Å². The van der Waals surface area contributed by atoms with Gasteiger partial charge >= 0.3 is 6.09 Å². The van der Waals surface area contributed by atoms with E-state index in [0.717, 1.165) is 5.56 Å². The highest BCUT2D eigenvalue weighted by Gasteiger charge is 2.14. The number of aromatic nitrogens is 1. The van der Waals surface area contributed by atoms with E-state index in [9.17, 15) is 4.79 Å². The molecule has 0 spiro atoms. The number of rotatable bonds is 5. The second-order valence-electron chi connectivity index (χ2n) is 5.04. The van der Waals surface area contributed by atoms with Crippen LogP contribution in [0.15, 0.2) is 47.0 Å². The van der Waals surface area contributed by atoms with Gasteiger partial charge in [0.15, 0.2) is 5.58 Å². The van der Waals surface area contributed by atoms with E-state index in [1.165, 1.54) is 0 Å². The fourth-order valence-corrected chi connectivity index (χ4v) is 2.35. The molecule has 3 aromatic rings. The highest BCUT2D eigenvalue weighted by atomic mass is 35.5. The Labute approximate surface area is 142 Å². The van der Waals surface area contributed by atoms with Gasteiger partial charge in [0.05, 0.1) is 11.4 Å². The summed E-state index contributed by atoms with van der Waals surface area (Å²) >= 11 is 5.96. The molecule has 0 fully saturated rings. The van der Waals surface area contributed by atoms with Crippen molar-refractivity contribution < 1.29 is 18.8 Å². The lowest BCUT2D eigenvalue weighted by atomic mass is 10.1. The number of nitrogens with zero attached hydrogens (tertiary/aromatic N) is 1. The molecule has 0 saturated heterocycles. The van der Waals surface area contributed by atoms with Gasteiger partial charge in [-0.1, -0.05) is 23.7 Å². The Morgan fingerprint density at radius 3 is 2.92 bits per heavy atom. The van der Waals surface area contributed by atoms with Crippen LogP contribution in [0.1, 0.15) is 11.6 Å². The van der Waals surface area contributed by atoms with Crippen molar-refractivity contribution in [1.82, 2.24) is 5.16 Å². The summed E-state index contributed by atoms with van der Waals surface area (Å²) in [7, 11) is 0. The number of amides is 1. The topological polar surface area (TPSA) is 114 Å². The van der Waals surface area contributed by atoms with E-state index in [4.69, 9.17) is 37.1 Å². The molecular formula is C16H14ClN3O4. The number of hydrogen-bond donors (Lipinski definition) is 2. The van der Waals surface area contributed by atoms with Crippen molar-refractivity contribution in [3.63, 3.8) is 0 Å². The van der Waals surface area contributed by atoms with Crippen molar-refractivity contribution in [2.24, 2.45) is 11.5 Å². The number of halogens is 1. The molecule has 0 aliphatic rings. The minimum Gasteiger partial charge on any atom is -0.473 e. The smallest absolute Gasteiger partial charge is 0.409 e. The average Bonchev–Trinajstić information content (AvgIpc) is 2.94. The van der Waals surface area contributed by atoms with Gasteiger partial charge in [-0.15, -0.1) is 0 Å². The first-order valence-corrected chi connectivity index (χ1v) is 7.41. The molecule has 1 atom stereocenters. The van der Waals surface area contributed by atoms with Crippen LogP contribution in [0.4, 0.5) is 4.79 Å². The van der Waals surface area contributed by atoms with E-state index in [1.807, 2.05) is 0 Å². The molecule has 2 aromatic carbocycles. The van der Waals surface area contributed by atoms with Gasteiger partial charge in [-0.2, -0.15) is 0 Å². The maximum atomic E-state index is 10.8. The van der Waals surface area contributed by atoms with Crippen molar-refractivity contribution in [2.45, 2.75) is 6.04 Å². The Morgan fingerprint density at radius 1 is 1.29 bits per heavy atom. The molecule has 0 saturated carbocycles. The van der Waals surface area contributed by atoms with Crippen LogP contribution in [0.3, 0.4) is 0 Å². The predicted octanol–water partition coefficient (Wildman–Crippen LogP) is 3.02. The van der Waals surface area contributed by atoms with Crippen LogP contribution in [0.25, 0.3) is 11.0 Å². The van der Waals surface area contributed by atoms with Crippen LogP contribution < -0.4 is 20.9 Å². The number of hydrogen-bond acceptors (Lipinski definition) is 6. The molecular weight excluding hydrogens is 334 g/mol. The molecule has 1 aromatic heterocycles. The summed E-state index contributed by atoms with van der Waals surface area (Å²) in [6, 6.07) is 11.4. The Hall–Kier alpha value is -2.77. The maximum absolute atomic E-state index is 10.8. The fourth-order valence-electron chi connectivity index (χ4n) is 2.18. The van der Waals surface area contributed by atoms with E-state index in [-0.39, 0.29) is 6.61 Å². The number of ether oxygens (including phenoxy) is 2. The molecule has 1 unspecified atom stereocenters. The minimum atomic E-state index is -0.886. The number of fused-ring (bicyclic) bond motifs is 1. The number of nitrogens with two attached hydrogens (primary N) is 2. The Kier molecular flexibility index (Phi) is 4.54. The predicted molar refractivity (Wildman–Crippen MR) is 88.1 cm³/mol. The van der Waals surface area contributed by atoms with Crippen LogP contribution >= 0.6 is 11.6 Å². The molecule has 8 heteroatoms. The van der Waals surface area contributed by atoms with Crippen LogP contribution in [0, 0.1) is 0 Å². The molecule has 0 aliphatic heterocycles. The normalized spacial score (nSPS) is 12.1. The molecule has 7 nitrogen and oxygen atoms in total. The number of carbonyl (C=O) groups is 1. The van der Waals surface area contributed by atoms with Gasteiger partial charge in [-0.25, -0.2) is 4.79 Å². The monoisotopic (exact) mass is 347 g/mol. The van der Waals surface area contributed by atoms with Crippen molar-refractivity contribution in [2.75, 3.05) is 6.61 Å². The van der Waals surface area contributed by atoms with E-state index in [2.05, 4.69) is 5.16 Å². The van der Waals surface area contributed by atoms with Crippen molar-refractivity contribution >= 4 is 28.7 Å². The zero-order valence-corrected chi connectivity index (χ0v) is 13.2. The van der Waals surface area contributed by atoms with E-state index in [1.54, 1.807) is 42.5 Å². The van der Waals surface area contributed by atoms with Gasteiger partial charge < -0.3 is 25.5 Å². The lowest BCUT2D eigenvalue weighted by Crippen LogP contribution is -2.20. The second-order valence-corrected chi connectivity index (χ2v) is 5.48. The Bertz CT molecular complexity index is 881. The third-order valence-corrected chi connectivity index (χ3v) is 3.54. The SMILES string of the molecule is NC(=O)Oc1cccc(C(N)COc2noc3ccc(Cl)cc23)c1. The first kappa shape index (κ1) is 16.1. The summed E-state index contributed by atoms with van der Waals surface area (Å²) in [5, 5.41) is 5.08. The minimum absolute atomic E-state index is 0.147. The average molecular weight is 348 g/mol. The molecule has 24 heavy (non-hydrogen) atoms. The van der Waals surface area contributed by atoms with Crippen molar-refractivity contribution in [3.8, 4) is 11.6 Å². The molecule has 0 bridgehead atoms. The molecule has 124 valence electrons.